The molecule has 0 aliphatic rings. The number of H-pyrrole nitrogens is 1. The number of nitrogens with zero attached hydrogens (tertiary/aromatic N) is 2. The van der Waals surface area contributed by atoms with Crippen LogP contribution in [0.1, 0.15) is 13.8 Å². The molecule has 3 N–H and O–H groups in total. The van der Waals surface area contributed by atoms with Crippen LogP contribution in [0.4, 0.5) is 5.69 Å². The first kappa shape index (κ1) is 13.0. The first-order valence-corrected chi connectivity index (χ1v) is 5.18. The van der Waals surface area contributed by atoms with Crippen LogP contribution in [0, 0.1) is 0 Å². The monoisotopic (exact) mass is 240 g/mol. The van der Waals surface area contributed by atoms with Gasteiger partial charge < -0.3 is 10.6 Å². The first-order valence-electron chi connectivity index (χ1n) is 5.18. The summed E-state index contributed by atoms with van der Waals surface area (Å²) in [6, 6.07) is 0.0401. The number of carbonyl (C=O) groups is 1. The number of hydrogen-bond donors (Lipinski definition) is 2. The highest BCUT2D eigenvalue weighted by Gasteiger charge is 2.13. The molecule has 0 aliphatic heterocycles. The van der Waals surface area contributed by atoms with Gasteiger partial charge in [0.05, 0.1) is 0 Å². The maximum Gasteiger partial charge on any atom is 0.328 e. The molecule has 0 aliphatic carbocycles. The van der Waals surface area contributed by atoms with Gasteiger partial charge in [0.25, 0.3) is 5.56 Å². The Hall–Kier alpha value is -2.05. The van der Waals surface area contributed by atoms with Crippen molar-refractivity contribution in [3.05, 3.63) is 27.0 Å². The molecule has 1 amide bonds. The van der Waals surface area contributed by atoms with Crippen molar-refractivity contribution in [2.75, 3.05) is 12.8 Å². The Bertz CT molecular complexity index is 529. The molecule has 94 valence electrons. The van der Waals surface area contributed by atoms with Gasteiger partial charge in [0, 0.05) is 19.3 Å². The highest BCUT2D eigenvalue weighted by atomic mass is 16.2. The maximum atomic E-state index is 11.7. The van der Waals surface area contributed by atoms with E-state index in [1.807, 2.05) is 18.8 Å². The third-order valence-electron chi connectivity index (χ3n) is 2.51. The highest BCUT2D eigenvalue weighted by Crippen LogP contribution is 1.96. The van der Waals surface area contributed by atoms with Crippen molar-refractivity contribution >= 4 is 11.6 Å². The molecule has 7 nitrogen and oxygen atoms in total. The molecule has 0 fully saturated rings. The van der Waals surface area contributed by atoms with Crippen LogP contribution < -0.4 is 17.0 Å². The quantitative estimate of drug-likeness (QED) is 0.706. The Labute approximate surface area is 97.9 Å². The third kappa shape index (κ3) is 2.96. The minimum atomic E-state index is -0.644. The second-order valence-electron chi connectivity index (χ2n) is 4.07. The number of rotatable bonds is 3. The molecule has 0 saturated carbocycles. The third-order valence-corrected chi connectivity index (χ3v) is 2.51. The first-order chi connectivity index (χ1) is 7.82. The molecule has 1 aromatic rings. The molecule has 17 heavy (non-hydrogen) atoms. The molecule has 7 heteroatoms. The number of anilines is 1. The Morgan fingerprint density at radius 1 is 1.53 bits per heavy atom. The number of aromatic nitrogens is 2. The number of likely N-dealkylation sites (N-methyl/N-ethyl adjacent to an activating group) is 1. The molecule has 1 heterocycles. The lowest BCUT2D eigenvalue weighted by atomic mass is 10.3. The normalized spacial score (nSPS) is 10.6. The molecule has 0 bridgehead atoms. The predicted molar refractivity (Wildman–Crippen MR) is 63.6 cm³/mol. The van der Waals surface area contributed by atoms with Crippen LogP contribution in [0.15, 0.2) is 15.8 Å². The molecule has 0 atom stereocenters. The zero-order valence-electron chi connectivity index (χ0n) is 10.1. The van der Waals surface area contributed by atoms with Crippen LogP contribution in [0.5, 0.6) is 0 Å². The van der Waals surface area contributed by atoms with Crippen LogP contribution in [-0.2, 0) is 11.3 Å². The van der Waals surface area contributed by atoms with E-state index in [2.05, 4.69) is 0 Å². The van der Waals surface area contributed by atoms with Crippen LogP contribution in [-0.4, -0.2) is 33.4 Å². The van der Waals surface area contributed by atoms with Gasteiger partial charge in [-0.15, -0.1) is 0 Å². The number of hydrogen-bond acceptors (Lipinski definition) is 4. The van der Waals surface area contributed by atoms with Gasteiger partial charge >= 0.3 is 5.69 Å². The summed E-state index contributed by atoms with van der Waals surface area (Å²) in [5, 5.41) is 0. The van der Waals surface area contributed by atoms with E-state index in [1.165, 1.54) is 11.1 Å². The van der Waals surface area contributed by atoms with Gasteiger partial charge in [-0.3, -0.25) is 19.1 Å². The van der Waals surface area contributed by atoms with Crippen LogP contribution in [0.2, 0.25) is 0 Å². The van der Waals surface area contributed by atoms with Crippen molar-refractivity contribution in [3.63, 3.8) is 0 Å². The summed E-state index contributed by atoms with van der Waals surface area (Å²) in [4.78, 5) is 37.7. The fourth-order valence-electron chi connectivity index (χ4n) is 1.19. The maximum absolute atomic E-state index is 11.7. The van der Waals surface area contributed by atoms with E-state index >= 15 is 0 Å². The van der Waals surface area contributed by atoms with Crippen molar-refractivity contribution in [1.29, 1.82) is 0 Å². The molecule has 1 aromatic heterocycles. The van der Waals surface area contributed by atoms with E-state index in [4.69, 9.17) is 5.73 Å². The molecule has 0 spiro atoms. The van der Waals surface area contributed by atoms with Gasteiger partial charge in [0.15, 0.2) is 0 Å². The lowest BCUT2D eigenvalue weighted by Crippen LogP contribution is -2.39. The summed E-state index contributed by atoms with van der Waals surface area (Å²) in [6.45, 7) is 3.58. The smallest absolute Gasteiger partial charge is 0.328 e. The summed E-state index contributed by atoms with van der Waals surface area (Å²) in [6.07, 6.45) is 1.17. The van der Waals surface area contributed by atoms with Crippen LogP contribution in [0.3, 0.4) is 0 Å². The van der Waals surface area contributed by atoms with Crippen molar-refractivity contribution < 1.29 is 4.79 Å². The van der Waals surface area contributed by atoms with Crippen molar-refractivity contribution in [2.45, 2.75) is 26.4 Å². The van der Waals surface area contributed by atoms with Crippen molar-refractivity contribution in [2.24, 2.45) is 0 Å². The summed E-state index contributed by atoms with van der Waals surface area (Å²) in [7, 11) is 1.65. The highest BCUT2D eigenvalue weighted by molar-refractivity contribution is 5.76. The summed E-state index contributed by atoms with van der Waals surface area (Å²) >= 11 is 0. The fraction of sp³-hybridized carbons (Fsp3) is 0.500. The average Bonchev–Trinajstić information content (AvgIpc) is 2.24. The molecule has 0 unspecified atom stereocenters. The summed E-state index contributed by atoms with van der Waals surface area (Å²) in [5.74, 6) is -0.228. The van der Waals surface area contributed by atoms with Crippen LogP contribution in [0.25, 0.3) is 0 Å². The summed E-state index contributed by atoms with van der Waals surface area (Å²) < 4.78 is 1.08. The lowest BCUT2D eigenvalue weighted by molar-refractivity contribution is -0.132. The van der Waals surface area contributed by atoms with Gasteiger partial charge in [-0.2, -0.15) is 0 Å². The van der Waals surface area contributed by atoms with E-state index in [-0.39, 0.29) is 24.2 Å². The fourth-order valence-corrected chi connectivity index (χ4v) is 1.19. The number of carbonyl (C=O) groups excluding carboxylic acids is 1. The molecular weight excluding hydrogens is 224 g/mol. The van der Waals surface area contributed by atoms with Crippen molar-refractivity contribution in [1.82, 2.24) is 14.5 Å². The zero-order valence-corrected chi connectivity index (χ0v) is 10.1. The second-order valence-corrected chi connectivity index (χ2v) is 4.07. The molecular formula is C10H16N4O3. The number of amides is 1. The molecule has 0 aromatic carbocycles. The molecule has 0 radical (unpaired) electrons. The van der Waals surface area contributed by atoms with Gasteiger partial charge in [-0.05, 0) is 13.8 Å². The van der Waals surface area contributed by atoms with E-state index < -0.39 is 11.2 Å². The number of nitrogen functional groups attached to an aromatic ring is 1. The second kappa shape index (κ2) is 4.86. The lowest BCUT2D eigenvalue weighted by Gasteiger charge is -2.21. The Kier molecular flexibility index (Phi) is 3.72. The van der Waals surface area contributed by atoms with E-state index in [9.17, 15) is 14.4 Å². The average molecular weight is 240 g/mol. The van der Waals surface area contributed by atoms with E-state index in [0.717, 1.165) is 4.57 Å². The van der Waals surface area contributed by atoms with E-state index in [1.54, 1.807) is 7.05 Å². The zero-order chi connectivity index (χ0) is 13.2. The van der Waals surface area contributed by atoms with Gasteiger partial charge in [0.2, 0.25) is 5.91 Å². The number of nitrogens with one attached hydrogen (secondary N) is 1. The molecule has 0 saturated heterocycles. The largest absolute Gasteiger partial charge is 0.393 e. The van der Waals surface area contributed by atoms with Gasteiger partial charge in [-0.1, -0.05) is 0 Å². The minimum Gasteiger partial charge on any atom is -0.393 e. The van der Waals surface area contributed by atoms with Crippen molar-refractivity contribution in [3.8, 4) is 0 Å². The minimum absolute atomic E-state index is 0.0401. The Balaban J connectivity index is 2.97. The Morgan fingerprint density at radius 2 is 2.12 bits per heavy atom. The standard InChI is InChI=1S/C10H16N4O3/c1-6(2)13(3)8(15)5-14-4-7(11)9(16)12-10(14)17/h4,6H,5,11H2,1-3H3,(H,12,16,17). The predicted octanol–water partition coefficient (Wildman–Crippen LogP) is -1.01. The van der Waals surface area contributed by atoms with Gasteiger partial charge in [0.1, 0.15) is 12.2 Å². The number of aromatic amines is 1. The van der Waals surface area contributed by atoms with Gasteiger partial charge in [-0.25, -0.2) is 4.79 Å². The van der Waals surface area contributed by atoms with Crippen LogP contribution >= 0.6 is 0 Å². The topological polar surface area (TPSA) is 101 Å². The molecule has 1 rings (SSSR count). The number of nitrogens with two attached hydrogens (primary N) is 1. The van der Waals surface area contributed by atoms with E-state index in [0.29, 0.717) is 0 Å². The Morgan fingerprint density at radius 3 is 2.65 bits per heavy atom. The summed E-state index contributed by atoms with van der Waals surface area (Å²) in [5.41, 5.74) is 3.99. The SMILES string of the molecule is CC(C)N(C)C(=O)Cn1cc(N)c(=O)[nH]c1=O.